The molecule has 1 saturated heterocycles. The van der Waals surface area contributed by atoms with Crippen molar-refractivity contribution in [1.29, 1.82) is 0 Å². The van der Waals surface area contributed by atoms with Crippen LogP contribution in [0.4, 0.5) is 5.82 Å². The number of anilines is 1. The smallest absolute Gasteiger partial charge is 0.241 e. The quantitative estimate of drug-likeness (QED) is 0.350. The lowest BCUT2D eigenvalue weighted by atomic mass is 10.0. The van der Waals surface area contributed by atoms with Crippen molar-refractivity contribution in [1.82, 2.24) is 20.4 Å². The van der Waals surface area contributed by atoms with E-state index in [0.717, 1.165) is 44.9 Å². The molecule has 2 aromatic carbocycles. The molecular formula is C29H31N7O3. The molecule has 0 radical (unpaired) electrons. The number of aryl methyl sites for hydroxylation is 2. The van der Waals surface area contributed by atoms with Crippen molar-refractivity contribution < 1.29 is 14.1 Å². The standard InChI is InChI=1S/C29H31N7O3/c1-18-27(19(2)39-35-18)21-9-10-24-23(13-21)29(34-28(33-24)22(14-30)15-32-16-26(37)31-3)36-11-12-38-17-25(36)20-7-5-4-6-8-20/h4-10,13-15,25H,11-12,16-17,30H2,1-3H3,(H,31,37)/t25-/m1/s1. The number of benzene rings is 2. The molecule has 3 N–H and O–H groups in total. The van der Waals surface area contributed by atoms with Crippen LogP contribution in [-0.2, 0) is 9.53 Å². The van der Waals surface area contributed by atoms with Gasteiger partial charge in [0.2, 0.25) is 5.91 Å². The normalized spacial score (nSPS) is 16.2. The second-order valence-electron chi connectivity index (χ2n) is 9.26. The van der Waals surface area contributed by atoms with E-state index in [-0.39, 0.29) is 18.5 Å². The molecule has 2 aromatic heterocycles. The molecule has 0 unspecified atom stereocenters. The van der Waals surface area contributed by atoms with Crippen LogP contribution in [0.15, 0.2) is 64.2 Å². The number of aromatic nitrogens is 3. The van der Waals surface area contributed by atoms with Crippen LogP contribution in [0.25, 0.3) is 27.6 Å². The SMILES string of the molecule is CNC(=O)CN=CC(=CN)c1nc(N2CCOC[C@@H]2c2ccccc2)c2cc(-c3c(C)noc3C)ccc2n1. The van der Waals surface area contributed by atoms with E-state index < -0.39 is 0 Å². The van der Waals surface area contributed by atoms with Gasteiger partial charge in [0.05, 0.1) is 36.0 Å². The van der Waals surface area contributed by atoms with Crippen LogP contribution in [-0.4, -0.2) is 60.6 Å². The highest BCUT2D eigenvalue weighted by molar-refractivity contribution is 6.09. The van der Waals surface area contributed by atoms with E-state index in [4.69, 9.17) is 25.0 Å². The van der Waals surface area contributed by atoms with Crippen molar-refractivity contribution in [2.24, 2.45) is 10.7 Å². The molecule has 0 saturated carbocycles. The number of nitrogens with two attached hydrogens (primary N) is 1. The third-order valence-electron chi connectivity index (χ3n) is 6.76. The Morgan fingerprint density at radius 3 is 2.74 bits per heavy atom. The molecule has 0 aliphatic carbocycles. The van der Waals surface area contributed by atoms with E-state index in [2.05, 4.69) is 38.6 Å². The molecule has 1 aliphatic rings. The summed E-state index contributed by atoms with van der Waals surface area (Å²) >= 11 is 0. The molecule has 1 amide bonds. The first-order valence-electron chi connectivity index (χ1n) is 12.8. The number of likely N-dealkylation sites (N-methyl/N-ethyl adjacent to an activating group) is 1. The van der Waals surface area contributed by atoms with Crippen LogP contribution >= 0.6 is 0 Å². The van der Waals surface area contributed by atoms with Gasteiger partial charge < -0.3 is 25.2 Å². The minimum atomic E-state index is -0.200. The van der Waals surface area contributed by atoms with Crippen molar-refractivity contribution in [3.63, 3.8) is 0 Å². The minimum absolute atomic E-state index is 0.0192. The van der Waals surface area contributed by atoms with Crippen molar-refractivity contribution in [2.75, 3.05) is 38.3 Å². The van der Waals surface area contributed by atoms with Crippen LogP contribution in [0, 0.1) is 13.8 Å². The first-order chi connectivity index (χ1) is 19.0. The topological polar surface area (TPSA) is 132 Å². The number of morpholine rings is 1. The highest BCUT2D eigenvalue weighted by Gasteiger charge is 2.28. The summed E-state index contributed by atoms with van der Waals surface area (Å²) in [5.41, 5.74) is 11.1. The first kappa shape index (κ1) is 26.1. The Morgan fingerprint density at radius 1 is 1.21 bits per heavy atom. The average Bonchev–Trinajstić information content (AvgIpc) is 3.32. The molecule has 1 atom stereocenters. The van der Waals surface area contributed by atoms with Crippen LogP contribution in [0.1, 0.15) is 28.9 Å². The largest absolute Gasteiger partial charge is 0.404 e. The Morgan fingerprint density at radius 2 is 2.03 bits per heavy atom. The summed E-state index contributed by atoms with van der Waals surface area (Å²) in [5.74, 6) is 1.73. The van der Waals surface area contributed by atoms with E-state index in [0.29, 0.717) is 31.2 Å². The second kappa shape index (κ2) is 11.4. The van der Waals surface area contributed by atoms with E-state index in [9.17, 15) is 4.79 Å². The van der Waals surface area contributed by atoms with Gasteiger partial charge in [0.25, 0.3) is 0 Å². The average molecular weight is 526 g/mol. The predicted octanol–water partition coefficient (Wildman–Crippen LogP) is 3.60. The molecule has 0 bridgehead atoms. The van der Waals surface area contributed by atoms with Crippen molar-refractivity contribution in [2.45, 2.75) is 19.9 Å². The van der Waals surface area contributed by atoms with Crippen LogP contribution < -0.4 is 16.0 Å². The minimum Gasteiger partial charge on any atom is -0.404 e. The lowest BCUT2D eigenvalue weighted by Gasteiger charge is -2.37. The number of hydrogen-bond donors (Lipinski definition) is 2. The maximum Gasteiger partial charge on any atom is 0.241 e. The number of nitrogens with one attached hydrogen (secondary N) is 1. The number of hydrogen-bond acceptors (Lipinski definition) is 9. The molecule has 10 heteroatoms. The summed E-state index contributed by atoms with van der Waals surface area (Å²) in [5, 5.41) is 7.57. The maximum absolute atomic E-state index is 11.7. The number of ether oxygens (including phenoxy) is 1. The third kappa shape index (κ3) is 5.37. The first-order valence-corrected chi connectivity index (χ1v) is 12.8. The van der Waals surface area contributed by atoms with Crippen LogP contribution in [0.3, 0.4) is 0 Å². The summed E-state index contributed by atoms with van der Waals surface area (Å²) in [6.07, 6.45) is 2.94. The van der Waals surface area contributed by atoms with E-state index in [1.807, 2.05) is 44.2 Å². The zero-order valence-electron chi connectivity index (χ0n) is 22.2. The molecule has 200 valence electrons. The van der Waals surface area contributed by atoms with Gasteiger partial charge in [-0.05, 0) is 37.1 Å². The molecule has 10 nitrogen and oxygen atoms in total. The van der Waals surface area contributed by atoms with Gasteiger partial charge in [0.1, 0.15) is 18.1 Å². The fraction of sp³-hybridized carbons (Fsp3) is 0.276. The van der Waals surface area contributed by atoms with Gasteiger partial charge >= 0.3 is 0 Å². The molecule has 1 fully saturated rings. The number of carbonyl (C=O) groups is 1. The zero-order valence-corrected chi connectivity index (χ0v) is 22.2. The molecule has 3 heterocycles. The van der Waals surface area contributed by atoms with Gasteiger partial charge in [-0.15, -0.1) is 0 Å². The fourth-order valence-electron chi connectivity index (χ4n) is 4.80. The van der Waals surface area contributed by atoms with E-state index >= 15 is 0 Å². The Labute approximate surface area is 226 Å². The van der Waals surface area contributed by atoms with Crippen LogP contribution in [0.5, 0.6) is 0 Å². The van der Waals surface area contributed by atoms with Crippen molar-refractivity contribution in [3.8, 4) is 11.1 Å². The summed E-state index contributed by atoms with van der Waals surface area (Å²) in [6.45, 7) is 5.56. The molecule has 4 aromatic rings. The maximum atomic E-state index is 11.7. The lowest BCUT2D eigenvalue weighted by Crippen LogP contribution is -2.40. The van der Waals surface area contributed by atoms with Gasteiger partial charge in [0, 0.05) is 37.0 Å². The number of carbonyl (C=O) groups excluding carboxylic acids is 1. The molecular weight excluding hydrogens is 494 g/mol. The van der Waals surface area contributed by atoms with Crippen molar-refractivity contribution in [3.05, 3.63) is 77.6 Å². The number of amides is 1. The van der Waals surface area contributed by atoms with Gasteiger partial charge in [-0.2, -0.15) is 0 Å². The Balaban J connectivity index is 1.67. The summed E-state index contributed by atoms with van der Waals surface area (Å²) in [7, 11) is 1.57. The number of allylic oxidation sites excluding steroid dienone is 1. The predicted molar refractivity (Wildman–Crippen MR) is 151 cm³/mol. The molecule has 39 heavy (non-hydrogen) atoms. The van der Waals surface area contributed by atoms with E-state index in [1.165, 1.54) is 12.4 Å². The van der Waals surface area contributed by atoms with Crippen molar-refractivity contribution >= 4 is 34.4 Å². The van der Waals surface area contributed by atoms with Crippen LogP contribution in [0.2, 0.25) is 0 Å². The highest BCUT2D eigenvalue weighted by atomic mass is 16.5. The molecule has 5 rings (SSSR count). The monoisotopic (exact) mass is 525 g/mol. The van der Waals surface area contributed by atoms with Gasteiger partial charge in [-0.3, -0.25) is 9.79 Å². The summed E-state index contributed by atoms with van der Waals surface area (Å²) in [6, 6.07) is 16.3. The highest BCUT2D eigenvalue weighted by Crippen LogP contribution is 2.37. The summed E-state index contributed by atoms with van der Waals surface area (Å²) in [4.78, 5) is 28.0. The molecule has 0 spiro atoms. The number of fused-ring (bicyclic) bond motifs is 1. The van der Waals surface area contributed by atoms with Gasteiger partial charge in [-0.1, -0.05) is 41.6 Å². The number of nitrogens with zero attached hydrogens (tertiary/aromatic N) is 5. The van der Waals surface area contributed by atoms with E-state index in [1.54, 1.807) is 7.05 Å². The van der Waals surface area contributed by atoms with Gasteiger partial charge in [0.15, 0.2) is 5.82 Å². The molecule has 1 aliphatic heterocycles. The number of aliphatic imine (C=N–C) groups is 1. The Bertz CT molecular complexity index is 1530. The Hall–Kier alpha value is -4.57. The Kier molecular flexibility index (Phi) is 7.64. The fourth-order valence-corrected chi connectivity index (χ4v) is 4.80. The zero-order chi connectivity index (χ0) is 27.4. The third-order valence-corrected chi connectivity index (χ3v) is 6.76. The lowest BCUT2D eigenvalue weighted by molar-refractivity contribution is -0.119. The van der Waals surface area contributed by atoms with Gasteiger partial charge in [-0.25, -0.2) is 9.97 Å². The second-order valence-corrected chi connectivity index (χ2v) is 9.26. The number of rotatable bonds is 7. The summed E-state index contributed by atoms with van der Waals surface area (Å²) < 4.78 is 11.3.